The molecule has 0 saturated carbocycles. The van der Waals surface area contributed by atoms with Crippen molar-refractivity contribution in [2.75, 3.05) is 6.54 Å². The molecule has 0 radical (unpaired) electrons. The Morgan fingerprint density at radius 1 is 1.58 bits per heavy atom. The molecular weight excluding hydrogens is 158 g/mol. The summed E-state index contributed by atoms with van der Waals surface area (Å²) in [5.74, 6) is -0.833. The van der Waals surface area contributed by atoms with Gasteiger partial charge in [0.05, 0.1) is 6.10 Å². The predicted molar refractivity (Wildman–Crippen MR) is 43.9 cm³/mol. The van der Waals surface area contributed by atoms with Gasteiger partial charge >= 0.3 is 5.97 Å². The zero-order chi connectivity index (χ0) is 9.30. The second kappa shape index (κ2) is 3.41. The zero-order valence-corrected chi connectivity index (χ0v) is 7.40. The summed E-state index contributed by atoms with van der Waals surface area (Å²) in [4.78, 5) is 12.5. The van der Waals surface area contributed by atoms with Gasteiger partial charge in [0.2, 0.25) is 0 Å². The van der Waals surface area contributed by atoms with Crippen molar-refractivity contribution in [2.45, 2.75) is 38.5 Å². The van der Waals surface area contributed by atoms with Crippen LogP contribution < -0.4 is 0 Å². The minimum absolute atomic E-state index is 0.184. The van der Waals surface area contributed by atoms with Gasteiger partial charge in [0, 0.05) is 19.0 Å². The summed E-state index contributed by atoms with van der Waals surface area (Å²) in [6, 6.07) is -0.316. The molecule has 12 heavy (non-hydrogen) atoms. The van der Waals surface area contributed by atoms with E-state index in [2.05, 4.69) is 0 Å². The Labute approximate surface area is 71.8 Å². The van der Waals surface area contributed by atoms with Crippen molar-refractivity contribution in [1.82, 2.24) is 4.90 Å². The lowest BCUT2D eigenvalue weighted by Crippen LogP contribution is -2.40. The Bertz CT molecular complexity index is 181. The number of aliphatic hydroxyl groups excluding tert-OH is 1. The van der Waals surface area contributed by atoms with Gasteiger partial charge in [-0.3, -0.25) is 9.69 Å². The number of hydrogen-bond donors (Lipinski definition) is 2. The van der Waals surface area contributed by atoms with E-state index in [1.54, 1.807) is 0 Å². The molecule has 0 amide bonds. The number of likely N-dealkylation sites (tertiary alicyclic amines) is 1. The number of nitrogens with zero attached hydrogens (tertiary/aromatic N) is 1. The topological polar surface area (TPSA) is 60.8 Å². The van der Waals surface area contributed by atoms with Gasteiger partial charge in [0.1, 0.15) is 6.04 Å². The van der Waals surface area contributed by atoms with Crippen LogP contribution in [0.3, 0.4) is 0 Å². The van der Waals surface area contributed by atoms with Gasteiger partial charge in [-0.25, -0.2) is 0 Å². The van der Waals surface area contributed by atoms with Gasteiger partial charge in [0.15, 0.2) is 0 Å². The minimum Gasteiger partial charge on any atom is -0.480 e. The van der Waals surface area contributed by atoms with Gasteiger partial charge in [0.25, 0.3) is 0 Å². The molecule has 1 heterocycles. The van der Waals surface area contributed by atoms with E-state index in [9.17, 15) is 9.90 Å². The van der Waals surface area contributed by atoms with Crippen LogP contribution in [-0.4, -0.2) is 45.8 Å². The molecule has 0 aromatic carbocycles. The maximum absolute atomic E-state index is 10.7. The number of aliphatic carboxylic acids is 1. The monoisotopic (exact) mass is 173 g/mol. The van der Waals surface area contributed by atoms with Gasteiger partial charge in [-0.1, -0.05) is 0 Å². The number of carbonyl (C=O) groups is 1. The third kappa shape index (κ3) is 1.76. The quantitative estimate of drug-likeness (QED) is 0.613. The summed E-state index contributed by atoms with van der Waals surface area (Å²) in [7, 11) is 0. The molecule has 0 bridgehead atoms. The molecule has 0 aromatic rings. The molecule has 1 fully saturated rings. The van der Waals surface area contributed by atoms with E-state index in [1.165, 1.54) is 0 Å². The Morgan fingerprint density at radius 3 is 2.50 bits per heavy atom. The number of carboxylic acid groups (broad SMARTS) is 1. The second-order valence-electron chi connectivity index (χ2n) is 3.53. The average Bonchev–Trinajstić information content (AvgIpc) is 2.31. The second-order valence-corrected chi connectivity index (χ2v) is 3.53. The summed E-state index contributed by atoms with van der Waals surface area (Å²) in [6.45, 7) is 4.36. The zero-order valence-electron chi connectivity index (χ0n) is 7.40. The fraction of sp³-hybridized carbons (Fsp3) is 0.875. The molecule has 1 aliphatic heterocycles. The molecule has 0 aliphatic carbocycles. The Balaban J connectivity index is 2.65. The highest BCUT2D eigenvalue weighted by Crippen LogP contribution is 2.20. The lowest BCUT2D eigenvalue weighted by atomic mass is 10.2. The molecule has 1 rings (SSSR count). The fourth-order valence-corrected chi connectivity index (χ4v) is 1.65. The standard InChI is InChI=1S/C8H15NO3/c1-5(2)9-4-6(10)3-7(9)8(11)12/h5-7,10H,3-4H2,1-2H3,(H,11,12)/t6?,7-/m0/s1. The van der Waals surface area contributed by atoms with Crippen molar-refractivity contribution in [2.24, 2.45) is 0 Å². The summed E-state index contributed by atoms with van der Waals surface area (Å²) in [5.41, 5.74) is 0. The summed E-state index contributed by atoms with van der Waals surface area (Å²) in [6.07, 6.45) is -0.124. The van der Waals surface area contributed by atoms with E-state index in [0.717, 1.165) is 0 Å². The summed E-state index contributed by atoms with van der Waals surface area (Å²) >= 11 is 0. The fourth-order valence-electron chi connectivity index (χ4n) is 1.65. The lowest BCUT2D eigenvalue weighted by molar-refractivity contribution is -0.142. The number of β-amino-alcohol motifs (C(OH)–C–C–N with tert-alkyl or cyclic N) is 1. The molecule has 2 atom stereocenters. The molecule has 0 aromatic heterocycles. The maximum Gasteiger partial charge on any atom is 0.321 e. The molecular formula is C8H15NO3. The average molecular weight is 173 g/mol. The van der Waals surface area contributed by atoms with Crippen molar-refractivity contribution in [3.63, 3.8) is 0 Å². The first kappa shape index (κ1) is 9.48. The molecule has 70 valence electrons. The first-order valence-electron chi connectivity index (χ1n) is 4.19. The molecule has 1 aliphatic rings. The van der Waals surface area contributed by atoms with Crippen LogP contribution in [0.25, 0.3) is 0 Å². The van der Waals surface area contributed by atoms with Crippen LogP contribution in [-0.2, 0) is 4.79 Å². The van der Waals surface area contributed by atoms with E-state index < -0.39 is 18.1 Å². The highest BCUT2D eigenvalue weighted by molar-refractivity contribution is 5.74. The van der Waals surface area contributed by atoms with Crippen molar-refractivity contribution in [1.29, 1.82) is 0 Å². The van der Waals surface area contributed by atoms with Crippen LogP contribution in [0.4, 0.5) is 0 Å². The van der Waals surface area contributed by atoms with Crippen LogP contribution in [0.15, 0.2) is 0 Å². The molecule has 1 unspecified atom stereocenters. The van der Waals surface area contributed by atoms with Crippen LogP contribution in [0, 0.1) is 0 Å². The molecule has 2 N–H and O–H groups in total. The van der Waals surface area contributed by atoms with E-state index in [1.807, 2.05) is 18.7 Å². The number of hydrogen-bond acceptors (Lipinski definition) is 3. The maximum atomic E-state index is 10.7. The van der Waals surface area contributed by atoms with E-state index in [0.29, 0.717) is 13.0 Å². The lowest BCUT2D eigenvalue weighted by Gasteiger charge is -2.24. The van der Waals surface area contributed by atoms with E-state index >= 15 is 0 Å². The summed E-state index contributed by atoms with van der Waals surface area (Å²) < 4.78 is 0. The number of aliphatic hydroxyl groups is 1. The van der Waals surface area contributed by atoms with Crippen molar-refractivity contribution >= 4 is 5.97 Å². The van der Waals surface area contributed by atoms with Gasteiger partial charge in [-0.2, -0.15) is 0 Å². The van der Waals surface area contributed by atoms with E-state index in [4.69, 9.17) is 5.11 Å². The largest absolute Gasteiger partial charge is 0.480 e. The molecule has 1 saturated heterocycles. The third-order valence-corrected chi connectivity index (χ3v) is 2.27. The SMILES string of the molecule is CC(C)N1CC(O)C[C@H]1C(=O)O. The highest BCUT2D eigenvalue weighted by atomic mass is 16.4. The normalized spacial score (nSPS) is 31.3. The highest BCUT2D eigenvalue weighted by Gasteiger charge is 2.36. The van der Waals surface area contributed by atoms with E-state index in [-0.39, 0.29) is 6.04 Å². The summed E-state index contributed by atoms with van der Waals surface area (Å²) in [5, 5.41) is 18.1. The van der Waals surface area contributed by atoms with Gasteiger partial charge < -0.3 is 10.2 Å². The predicted octanol–water partition coefficient (Wildman–Crippen LogP) is -0.0854. The van der Waals surface area contributed by atoms with Crippen molar-refractivity contribution in [3.8, 4) is 0 Å². The first-order chi connectivity index (χ1) is 5.52. The minimum atomic E-state index is -0.833. The van der Waals surface area contributed by atoms with Gasteiger partial charge in [-0.05, 0) is 13.8 Å². The van der Waals surface area contributed by atoms with Crippen LogP contribution in [0.2, 0.25) is 0 Å². The number of rotatable bonds is 2. The first-order valence-corrected chi connectivity index (χ1v) is 4.19. The molecule has 4 nitrogen and oxygen atoms in total. The Morgan fingerprint density at radius 2 is 2.17 bits per heavy atom. The molecule has 0 spiro atoms. The number of carboxylic acids is 1. The third-order valence-electron chi connectivity index (χ3n) is 2.27. The van der Waals surface area contributed by atoms with Crippen LogP contribution >= 0.6 is 0 Å². The van der Waals surface area contributed by atoms with Crippen molar-refractivity contribution < 1.29 is 15.0 Å². The smallest absolute Gasteiger partial charge is 0.321 e. The van der Waals surface area contributed by atoms with Crippen molar-refractivity contribution in [3.05, 3.63) is 0 Å². The van der Waals surface area contributed by atoms with Crippen LogP contribution in [0.1, 0.15) is 20.3 Å². The van der Waals surface area contributed by atoms with Crippen LogP contribution in [0.5, 0.6) is 0 Å². The Kier molecular flexibility index (Phi) is 2.69. The Hall–Kier alpha value is -0.610. The molecule has 4 heteroatoms. The van der Waals surface area contributed by atoms with Gasteiger partial charge in [-0.15, -0.1) is 0 Å².